The number of nitrogens with zero attached hydrogens (tertiary/aromatic N) is 1. The summed E-state index contributed by atoms with van der Waals surface area (Å²) in [4.78, 5) is 13.0. The first-order valence-electron chi connectivity index (χ1n) is 9.61. The van der Waals surface area contributed by atoms with Crippen molar-refractivity contribution in [2.45, 2.75) is 18.7 Å². The summed E-state index contributed by atoms with van der Waals surface area (Å²) in [6.45, 7) is 3.17. The van der Waals surface area contributed by atoms with Gasteiger partial charge in [-0.05, 0) is 61.9 Å². The molecule has 9 heteroatoms. The van der Waals surface area contributed by atoms with E-state index < -0.39 is 22.5 Å². The standard InChI is InChI=1S/C23H22Cl2N2O4S/c1-15-4-9-19(10-5-15)32(29,30)27(21-13-18(25)8-11-22(21)31-3)14-23(28)26-20-12-17(24)7-6-16(20)2/h4-13H,14H2,1-3H3,(H,26,28). The minimum atomic E-state index is -4.12. The molecule has 0 saturated heterocycles. The molecule has 0 bridgehead atoms. The number of ether oxygens (including phenoxy) is 1. The van der Waals surface area contributed by atoms with Gasteiger partial charge in [0.1, 0.15) is 12.3 Å². The van der Waals surface area contributed by atoms with Crippen molar-refractivity contribution in [3.05, 3.63) is 81.8 Å². The topological polar surface area (TPSA) is 75.7 Å². The Morgan fingerprint density at radius 3 is 2.25 bits per heavy atom. The molecule has 0 saturated carbocycles. The molecule has 0 radical (unpaired) electrons. The summed E-state index contributed by atoms with van der Waals surface area (Å²) < 4.78 is 33.5. The third-order valence-electron chi connectivity index (χ3n) is 4.78. The number of anilines is 2. The number of aryl methyl sites for hydroxylation is 2. The van der Waals surface area contributed by atoms with E-state index in [1.54, 1.807) is 42.5 Å². The van der Waals surface area contributed by atoms with Gasteiger partial charge in [-0.2, -0.15) is 0 Å². The van der Waals surface area contributed by atoms with E-state index in [1.807, 2.05) is 13.8 Å². The van der Waals surface area contributed by atoms with Crippen LogP contribution in [0.2, 0.25) is 10.0 Å². The molecule has 3 aromatic rings. The number of rotatable bonds is 7. The number of halogens is 2. The number of carbonyl (C=O) groups excluding carboxylic acids is 1. The smallest absolute Gasteiger partial charge is 0.264 e. The highest BCUT2D eigenvalue weighted by Gasteiger charge is 2.30. The Hall–Kier alpha value is -2.74. The van der Waals surface area contributed by atoms with Crippen LogP contribution in [-0.4, -0.2) is 28.0 Å². The second kappa shape index (κ2) is 9.81. The van der Waals surface area contributed by atoms with Crippen molar-refractivity contribution in [3.8, 4) is 5.75 Å². The van der Waals surface area contributed by atoms with Gasteiger partial charge in [-0.3, -0.25) is 9.10 Å². The van der Waals surface area contributed by atoms with Gasteiger partial charge in [0.2, 0.25) is 5.91 Å². The van der Waals surface area contributed by atoms with Crippen LogP contribution in [0.15, 0.2) is 65.6 Å². The van der Waals surface area contributed by atoms with E-state index in [-0.39, 0.29) is 16.3 Å². The number of nitrogens with one attached hydrogen (secondary N) is 1. The van der Waals surface area contributed by atoms with E-state index >= 15 is 0 Å². The molecule has 1 N–H and O–H groups in total. The summed E-state index contributed by atoms with van der Waals surface area (Å²) >= 11 is 12.2. The predicted molar refractivity (Wildman–Crippen MR) is 129 cm³/mol. The Labute approximate surface area is 197 Å². The van der Waals surface area contributed by atoms with Gasteiger partial charge >= 0.3 is 0 Å². The lowest BCUT2D eigenvalue weighted by molar-refractivity contribution is -0.114. The van der Waals surface area contributed by atoms with Gasteiger partial charge < -0.3 is 10.1 Å². The van der Waals surface area contributed by atoms with Gasteiger partial charge in [0, 0.05) is 15.7 Å². The van der Waals surface area contributed by atoms with Gasteiger partial charge in [-0.15, -0.1) is 0 Å². The summed E-state index contributed by atoms with van der Waals surface area (Å²) in [5.41, 5.74) is 2.34. The third-order valence-corrected chi connectivity index (χ3v) is 7.02. The van der Waals surface area contributed by atoms with E-state index in [0.29, 0.717) is 15.7 Å². The zero-order valence-electron chi connectivity index (χ0n) is 17.7. The van der Waals surface area contributed by atoms with Gasteiger partial charge in [0.25, 0.3) is 10.0 Å². The predicted octanol–water partition coefficient (Wildman–Crippen LogP) is 5.45. The first-order valence-corrected chi connectivity index (χ1v) is 11.8. The molecule has 1 amide bonds. The van der Waals surface area contributed by atoms with Crippen molar-refractivity contribution in [3.63, 3.8) is 0 Å². The zero-order valence-corrected chi connectivity index (χ0v) is 20.1. The number of benzene rings is 3. The SMILES string of the molecule is COc1ccc(Cl)cc1N(CC(=O)Nc1cc(Cl)ccc1C)S(=O)(=O)c1ccc(C)cc1. The van der Waals surface area contributed by atoms with Crippen LogP contribution in [0, 0.1) is 13.8 Å². The Balaban J connectivity index is 2.05. The molecule has 168 valence electrons. The number of carbonyl (C=O) groups is 1. The van der Waals surface area contributed by atoms with Crippen molar-refractivity contribution in [2.24, 2.45) is 0 Å². The van der Waals surface area contributed by atoms with Crippen LogP contribution < -0.4 is 14.4 Å². The lowest BCUT2D eigenvalue weighted by atomic mass is 10.2. The summed E-state index contributed by atoms with van der Waals surface area (Å²) in [6, 6.07) is 16.0. The maximum Gasteiger partial charge on any atom is 0.264 e. The fraction of sp³-hybridized carbons (Fsp3) is 0.174. The third kappa shape index (κ3) is 5.35. The molecule has 0 aliphatic heterocycles. The quantitative estimate of drug-likeness (QED) is 0.475. The maximum atomic E-state index is 13.6. The largest absolute Gasteiger partial charge is 0.495 e. The second-order valence-electron chi connectivity index (χ2n) is 7.15. The lowest BCUT2D eigenvalue weighted by Gasteiger charge is -2.26. The molecular weight excluding hydrogens is 471 g/mol. The summed E-state index contributed by atoms with van der Waals surface area (Å²) in [6.07, 6.45) is 0. The number of hydrogen-bond acceptors (Lipinski definition) is 4. The monoisotopic (exact) mass is 492 g/mol. The van der Waals surface area contributed by atoms with E-state index in [9.17, 15) is 13.2 Å². The molecule has 0 unspecified atom stereocenters. The van der Waals surface area contributed by atoms with Gasteiger partial charge in [-0.1, -0.05) is 47.0 Å². The lowest BCUT2D eigenvalue weighted by Crippen LogP contribution is -2.38. The molecule has 6 nitrogen and oxygen atoms in total. The molecule has 0 heterocycles. The molecule has 0 aromatic heterocycles. The van der Waals surface area contributed by atoms with E-state index in [1.165, 1.54) is 25.3 Å². The first-order chi connectivity index (χ1) is 15.1. The summed E-state index contributed by atoms with van der Waals surface area (Å²) in [5, 5.41) is 3.49. The molecule has 3 rings (SSSR count). The van der Waals surface area contributed by atoms with Crippen molar-refractivity contribution >= 4 is 50.5 Å². The average Bonchev–Trinajstić information content (AvgIpc) is 2.75. The fourth-order valence-electron chi connectivity index (χ4n) is 3.04. The van der Waals surface area contributed by atoms with Crippen LogP contribution in [-0.2, 0) is 14.8 Å². The zero-order chi connectivity index (χ0) is 23.5. The van der Waals surface area contributed by atoms with E-state index in [0.717, 1.165) is 15.4 Å². The fourth-order valence-corrected chi connectivity index (χ4v) is 4.81. The van der Waals surface area contributed by atoms with Gasteiger partial charge in [-0.25, -0.2) is 8.42 Å². The Kier molecular flexibility index (Phi) is 7.33. The van der Waals surface area contributed by atoms with Crippen LogP contribution in [0.1, 0.15) is 11.1 Å². The molecule has 0 spiro atoms. The van der Waals surface area contributed by atoms with E-state index in [4.69, 9.17) is 27.9 Å². The highest BCUT2D eigenvalue weighted by Crippen LogP contribution is 2.35. The van der Waals surface area contributed by atoms with E-state index in [2.05, 4.69) is 5.32 Å². The van der Waals surface area contributed by atoms with Crippen LogP contribution in [0.25, 0.3) is 0 Å². The number of methoxy groups -OCH3 is 1. The van der Waals surface area contributed by atoms with Crippen LogP contribution in [0.5, 0.6) is 5.75 Å². The molecule has 0 aliphatic rings. The number of hydrogen-bond donors (Lipinski definition) is 1. The number of amides is 1. The first kappa shape index (κ1) is 23.9. The minimum absolute atomic E-state index is 0.0388. The molecule has 32 heavy (non-hydrogen) atoms. The average molecular weight is 493 g/mol. The molecular formula is C23H22Cl2N2O4S. The Morgan fingerprint density at radius 1 is 0.969 bits per heavy atom. The van der Waals surface area contributed by atoms with Crippen molar-refractivity contribution in [1.29, 1.82) is 0 Å². The van der Waals surface area contributed by atoms with Crippen LogP contribution >= 0.6 is 23.2 Å². The Morgan fingerprint density at radius 2 is 1.59 bits per heavy atom. The number of sulfonamides is 1. The molecule has 3 aromatic carbocycles. The van der Waals surface area contributed by atoms with Crippen molar-refractivity contribution < 1.29 is 17.9 Å². The highest BCUT2D eigenvalue weighted by molar-refractivity contribution is 7.92. The molecule has 0 fully saturated rings. The maximum absolute atomic E-state index is 13.6. The second-order valence-corrected chi connectivity index (χ2v) is 9.88. The normalized spacial score (nSPS) is 11.2. The van der Waals surface area contributed by atoms with Crippen LogP contribution in [0.4, 0.5) is 11.4 Å². The molecule has 0 atom stereocenters. The van der Waals surface area contributed by atoms with Gasteiger partial charge in [0.15, 0.2) is 0 Å². The minimum Gasteiger partial charge on any atom is -0.495 e. The summed E-state index contributed by atoms with van der Waals surface area (Å²) in [5.74, 6) is -0.287. The van der Waals surface area contributed by atoms with Crippen molar-refractivity contribution in [2.75, 3.05) is 23.3 Å². The van der Waals surface area contributed by atoms with Crippen molar-refractivity contribution in [1.82, 2.24) is 0 Å². The van der Waals surface area contributed by atoms with Gasteiger partial charge in [0.05, 0.1) is 17.7 Å². The Bertz CT molecular complexity index is 1250. The highest BCUT2D eigenvalue weighted by atomic mass is 35.5. The molecule has 0 aliphatic carbocycles. The summed E-state index contributed by atoms with van der Waals surface area (Å²) in [7, 11) is -2.70. The van der Waals surface area contributed by atoms with Crippen LogP contribution in [0.3, 0.4) is 0 Å².